The fraction of sp³-hybridized carbons (Fsp3) is 0.125. The summed E-state index contributed by atoms with van der Waals surface area (Å²) in [7, 11) is 0. The minimum Gasteiger partial charge on any atom is -0.441 e. The molecule has 0 saturated carbocycles. The van der Waals surface area contributed by atoms with Crippen molar-refractivity contribution in [3.05, 3.63) is 107 Å². The highest BCUT2D eigenvalue weighted by Gasteiger charge is 2.09. The molecule has 0 bridgehead atoms. The second-order valence-electron chi connectivity index (χ2n) is 6.80. The molecule has 0 saturated heterocycles. The van der Waals surface area contributed by atoms with Crippen LogP contribution in [-0.4, -0.2) is 15.5 Å². The third-order valence-electron chi connectivity index (χ3n) is 4.59. The van der Waals surface area contributed by atoms with Crippen LogP contribution in [0.4, 0.5) is 0 Å². The number of rotatable bonds is 6. The van der Waals surface area contributed by atoms with Gasteiger partial charge in [-0.3, -0.25) is 4.79 Å². The van der Waals surface area contributed by atoms with Gasteiger partial charge in [-0.15, -0.1) is 0 Å². The number of nitrogens with zero attached hydrogens (tertiary/aromatic N) is 3. The third-order valence-corrected chi connectivity index (χ3v) is 4.84. The van der Waals surface area contributed by atoms with E-state index in [9.17, 15) is 4.79 Å². The van der Waals surface area contributed by atoms with Crippen molar-refractivity contribution in [3.8, 4) is 11.3 Å². The van der Waals surface area contributed by atoms with Crippen LogP contribution in [-0.2, 0) is 17.8 Å². The topological polar surface area (TPSA) is 60.4 Å². The lowest BCUT2D eigenvalue weighted by Crippen LogP contribution is -2.22. The predicted molar refractivity (Wildman–Crippen MR) is 116 cm³/mol. The first kappa shape index (κ1) is 19.9. The fourth-order valence-corrected chi connectivity index (χ4v) is 3.18. The number of hydrogen-bond donors (Lipinski definition) is 0. The van der Waals surface area contributed by atoms with Crippen LogP contribution in [0.2, 0.25) is 5.02 Å². The molecular formula is C24H20ClN3O2. The van der Waals surface area contributed by atoms with Gasteiger partial charge in [0.2, 0.25) is 5.91 Å². The third kappa shape index (κ3) is 5.13. The van der Waals surface area contributed by atoms with Crippen LogP contribution in [0.5, 0.6) is 0 Å². The monoisotopic (exact) mass is 417 g/mol. The number of hydrogen-bond acceptors (Lipinski definition) is 3. The van der Waals surface area contributed by atoms with Gasteiger partial charge in [0.25, 0.3) is 0 Å². The Balaban J connectivity index is 1.43. The molecule has 4 aromatic rings. The number of halogens is 1. The van der Waals surface area contributed by atoms with E-state index in [1.165, 1.54) is 0 Å². The standard InChI is InChI=1S/C24H20ClN3O2/c25-20-11-9-19(10-12-20)21-16-26-24(30-21)14-13-23(29)27-22-8-4-5-15-28(22)17-18-6-2-1-3-7-18/h1-12,15-16H,13-14,17H2. The van der Waals surface area contributed by atoms with E-state index in [4.69, 9.17) is 16.0 Å². The van der Waals surface area contributed by atoms with E-state index in [2.05, 4.69) is 9.98 Å². The lowest BCUT2D eigenvalue weighted by molar-refractivity contribution is -0.118. The molecule has 0 spiro atoms. The van der Waals surface area contributed by atoms with E-state index in [1.54, 1.807) is 18.3 Å². The van der Waals surface area contributed by atoms with E-state index in [1.807, 2.05) is 71.4 Å². The summed E-state index contributed by atoms with van der Waals surface area (Å²) < 4.78 is 7.71. The SMILES string of the molecule is O=C(CCc1ncc(-c2ccc(Cl)cc2)o1)N=c1ccccn1Cc1ccccc1. The van der Waals surface area contributed by atoms with Gasteiger partial charge in [-0.2, -0.15) is 4.99 Å². The molecule has 0 radical (unpaired) electrons. The van der Waals surface area contributed by atoms with Gasteiger partial charge >= 0.3 is 0 Å². The van der Waals surface area contributed by atoms with Crippen molar-refractivity contribution >= 4 is 17.5 Å². The maximum Gasteiger partial charge on any atom is 0.248 e. The second-order valence-corrected chi connectivity index (χ2v) is 7.24. The van der Waals surface area contributed by atoms with Gasteiger partial charge in [-0.25, -0.2) is 4.98 Å². The number of aryl methyl sites for hydroxylation is 1. The quantitative estimate of drug-likeness (QED) is 0.448. The molecule has 2 aromatic heterocycles. The summed E-state index contributed by atoms with van der Waals surface area (Å²) in [6, 6.07) is 23.0. The molecule has 5 nitrogen and oxygen atoms in total. The van der Waals surface area contributed by atoms with E-state index in [0.29, 0.717) is 35.1 Å². The molecule has 2 aromatic carbocycles. The van der Waals surface area contributed by atoms with Crippen LogP contribution in [0.15, 0.2) is 94.6 Å². The van der Waals surface area contributed by atoms with Gasteiger partial charge in [0, 0.05) is 36.2 Å². The molecule has 0 aliphatic rings. The summed E-state index contributed by atoms with van der Waals surface area (Å²) in [6.45, 7) is 0.651. The fourth-order valence-electron chi connectivity index (χ4n) is 3.05. The molecule has 6 heteroatoms. The van der Waals surface area contributed by atoms with Gasteiger partial charge in [0.05, 0.1) is 6.20 Å². The Bertz CT molecular complexity index is 1190. The molecule has 0 aliphatic heterocycles. The van der Waals surface area contributed by atoms with Gasteiger partial charge in [0.15, 0.2) is 11.7 Å². The van der Waals surface area contributed by atoms with Crippen LogP contribution in [0, 0.1) is 0 Å². The number of carbonyl (C=O) groups is 1. The zero-order valence-corrected chi connectivity index (χ0v) is 17.0. The molecule has 2 heterocycles. The van der Waals surface area contributed by atoms with Crippen LogP contribution in [0.1, 0.15) is 17.9 Å². The number of oxazole rings is 1. The van der Waals surface area contributed by atoms with Crippen molar-refractivity contribution in [3.63, 3.8) is 0 Å². The molecule has 0 aliphatic carbocycles. The maximum absolute atomic E-state index is 12.4. The highest BCUT2D eigenvalue weighted by atomic mass is 35.5. The van der Waals surface area contributed by atoms with Crippen LogP contribution in [0.3, 0.4) is 0 Å². The molecular weight excluding hydrogens is 398 g/mol. The molecule has 150 valence electrons. The number of pyridine rings is 1. The Morgan fingerprint density at radius 2 is 1.77 bits per heavy atom. The Kier molecular flexibility index (Phi) is 6.20. The molecule has 0 atom stereocenters. The Labute approximate surface area is 179 Å². The Morgan fingerprint density at radius 3 is 2.57 bits per heavy atom. The van der Waals surface area contributed by atoms with Crippen molar-refractivity contribution < 1.29 is 9.21 Å². The van der Waals surface area contributed by atoms with E-state index in [0.717, 1.165) is 11.1 Å². The average molecular weight is 418 g/mol. The van der Waals surface area contributed by atoms with Crippen LogP contribution in [0.25, 0.3) is 11.3 Å². The second kappa shape index (κ2) is 9.37. The molecule has 0 fully saturated rings. The Morgan fingerprint density at radius 1 is 1.00 bits per heavy atom. The summed E-state index contributed by atoms with van der Waals surface area (Å²) in [6.07, 6.45) is 4.19. The van der Waals surface area contributed by atoms with E-state index < -0.39 is 0 Å². The van der Waals surface area contributed by atoms with Crippen molar-refractivity contribution in [2.24, 2.45) is 4.99 Å². The van der Waals surface area contributed by atoms with Gasteiger partial charge < -0.3 is 8.98 Å². The molecule has 30 heavy (non-hydrogen) atoms. The van der Waals surface area contributed by atoms with Crippen LogP contribution < -0.4 is 5.49 Å². The summed E-state index contributed by atoms with van der Waals surface area (Å²) >= 11 is 5.92. The molecule has 1 amide bonds. The predicted octanol–water partition coefficient (Wildman–Crippen LogP) is 4.90. The maximum atomic E-state index is 12.4. The lowest BCUT2D eigenvalue weighted by atomic mass is 10.2. The molecule has 0 N–H and O–H groups in total. The lowest BCUT2D eigenvalue weighted by Gasteiger charge is -2.07. The van der Waals surface area contributed by atoms with Crippen molar-refractivity contribution in [1.29, 1.82) is 0 Å². The smallest absolute Gasteiger partial charge is 0.248 e. The first-order chi connectivity index (χ1) is 14.7. The minimum atomic E-state index is -0.214. The summed E-state index contributed by atoms with van der Waals surface area (Å²) in [5.41, 5.74) is 2.66. The van der Waals surface area contributed by atoms with E-state index >= 15 is 0 Å². The highest BCUT2D eigenvalue weighted by molar-refractivity contribution is 6.30. The summed E-state index contributed by atoms with van der Waals surface area (Å²) in [5.74, 6) is 0.942. The first-order valence-electron chi connectivity index (χ1n) is 9.65. The summed E-state index contributed by atoms with van der Waals surface area (Å²) in [4.78, 5) is 21.0. The number of amides is 1. The van der Waals surface area contributed by atoms with Crippen molar-refractivity contribution in [2.75, 3.05) is 0 Å². The average Bonchev–Trinajstić information content (AvgIpc) is 3.24. The number of carbonyl (C=O) groups excluding carboxylic acids is 1. The largest absolute Gasteiger partial charge is 0.441 e. The number of benzene rings is 2. The zero-order valence-electron chi connectivity index (χ0n) is 16.2. The zero-order chi connectivity index (χ0) is 20.8. The van der Waals surface area contributed by atoms with Crippen molar-refractivity contribution in [2.45, 2.75) is 19.4 Å². The van der Waals surface area contributed by atoms with Gasteiger partial charge in [-0.05, 0) is 42.0 Å². The van der Waals surface area contributed by atoms with E-state index in [-0.39, 0.29) is 12.3 Å². The van der Waals surface area contributed by atoms with Gasteiger partial charge in [-0.1, -0.05) is 48.0 Å². The number of aromatic nitrogens is 2. The van der Waals surface area contributed by atoms with Crippen LogP contribution >= 0.6 is 11.6 Å². The minimum absolute atomic E-state index is 0.214. The van der Waals surface area contributed by atoms with Gasteiger partial charge in [0.1, 0.15) is 5.49 Å². The highest BCUT2D eigenvalue weighted by Crippen LogP contribution is 2.22. The molecule has 0 unspecified atom stereocenters. The van der Waals surface area contributed by atoms with Crippen molar-refractivity contribution in [1.82, 2.24) is 9.55 Å². The Hall–Kier alpha value is -3.44. The molecule has 4 rings (SSSR count). The normalized spacial score (nSPS) is 11.6. The first-order valence-corrected chi connectivity index (χ1v) is 10.0. The summed E-state index contributed by atoms with van der Waals surface area (Å²) in [5, 5.41) is 0.663.